The van der Waals surface area contributed by atoms with Gasteiger partial charge in [0.2, 0.25) is 0 Å². The van der Waals surface area contributed by atoms with Gasteiger partial charge in [-0.15, -0.1) is 0 Å². The van der Waals surface area contributed by atoms with E-state index in [9.17, 15) is 0 Å². The summed E-state index contributed by atoms with van der Waals surface area (Å²) in [5, 5.41) is 0. The maximum atomic E-state index is 5.60. The van der Waals surface area contributed by atoms with E-state index < -0.39 is 0 Å². The number of amidine groups is 1. The zero-order valence-corrected chi connectivity index (χ0v) is 10.3. The molecule has 1 atom stereocenters. The van der Waals surface area contributed by atoms with E-state index >= 15 is 0 Å². The van der Waals surface area contributed by atoms with E-state index in [1.807, 2.05) is 0 Å². The quantitative estimate of drug-likeness (QED) is 0.632. The largest absolute Gasteiger partial charge is 0.463 e. The van der Waals surface area contributed by atoms with Gasteiger partial charge in [0.25, 0.3) is 6.02 Å². The number of ether oxygens (including phenoxy) is 1. The van der Waals surface area contributed by atoms with Crippen LogP contribution in [-0.4, -0.2) is 36.7 Å². The maximum Gasteiger partial charge on any atom is 0.287 e. The summed E-state index contributed by atoms with van der Waals surface area (Å²) in [6.07, 6.45) is 4.80. The first-order chi connectivity index (χ1) is 7.29. The summed E-state index contributed by atoms with van der Waals surface area (Å²) in [5.41, 5.74) is 0. The van der Waals surface area contributed by atoms with E-state index in [-0.39, 0.29) is 0 Å². The lowest BCUT2D eigenvalue weighted by Crippen LogP contribution is -2.33. The van der Waals surface area contributed by atoms with Crippen molar-refractivity contribution < 1.29 is 4.74 Å². The lowest BCUT2D eigenvalue weighted by Gasteiger charge is -2.20. The molecule has 0 spiro atoms. The zero-order valence-electron chi connectivity index (χ0n) is 10.3. The highest BCUT2D eigenvalue weighted by Crippen LogP contribution is 2.13. The molecule has 1 fully saturated rings. The van der Waals surface area contributed by atoms with E-state index in [2.05, 4.69) is 30.7 Å². The second-order valence-electron chi connectivity index (χ2n) is 4.22. The van der Waals surface area contributed by atoms with Crippen LogP contribution in [0.5, 0.6) is 0 Å². The van der Waals surface area contributed by atoms with Gasteiger partial charge < -0.3 is 9.64 Å². The maximum absolute atomic E-state index is 5.60. The van der Waals surface area contributed by atoms with Crippen molar-refractivity contribution in [2.24, 2.45) is 4.99 Å². The van der Waals surface area contributed by atoms with Gasteiger partial charge in [0.15, 0.2) is 0 Å². The summed E-state index contributed by atoms with van der Waals surface area (Å²) in [4.78, 5) is 6.82. The van der Waals surface area contributed by atoms with Gasteiger partial charge in [-0.2, -0.15) is 0 Å². The summed E-state index contributed by atoms with van der Waals surface area (Å²) >= 11 is 0. The van der Waals surface area contributed by atoms with Crippen LogP contribution in [0.1, 0.15) is 46.5 Å². The Morgan fingerprint density at radius 2 is 2.07 bits per heavy atom. The Kier molecular flexibility index (Phi) is 5.51. The minimum Gasteiger partial charge on any atom is -0.463 e. The number of nitrogens with zero attached hydrogens (tertiary/aromatic N) is 2. The molecule has 0 bridgehead atoms. The number of hydrogen-bond donors (Lipinski definition) is 0. The molecule has 0 aromatic heterocycles. The molecule has 1 aliphatic heterocycles. The topological polar surface area (TPSA) is 24.8 Å². The number of rotatable bonds is 6. The van der Waals surface area contributed by atoms with Gasteiger partial charge >= 0.3 is 0 Å². The van der Waals surface area contributed by atoms with Crippen molar-refractivity contribution in [3.63, 3.8) is 0 Å². The zero-order chi connectivity index (χ0) is 11.1. The SMILES string of the molecule is CCCCN=C1OCC(C)N1CCCC. The first-order valence-electron chi connectivity index (χ1n) is 6.23. The van der Waals surface area contributed by atoms with Crippen molar-refractivity contribution in [1.82, 2.24) is 4.90 Å². The molecule has 88 valence electrons. The minimum atomic E-state index is 0.497. The molecule has 1 unspecified atom stereocenters. The summed E-state index contributed by atoms with van der Waals surface area (Å²) < 4.78 is 5.60. The van der Waals surface area contributed by atoms with Gasteiger partial charge in [-0.1, -0.05) is 26.7 Å². The summed E-state index contributed by atoms with van der Waals surface area (Å²) in [6.45, 7) is 9.40. The fourth-order valence-corrected chi connectivity index (χ4v) is 1.67. The molecule has 0 aromatic carbocycles. The summed E-state index contributed by atoms with van der Waals surface area (Å²) in [7, 11) is 0. The Balaban J connectivity index is 2.43. The van der Waals surface area contributed by atoms with Crippen molar-refractivity contribution in [3.8, 4) is 0 Å². The summed E-state index contributed by atoms with van der Waals surface area (Å²) in [5.74, 6) is 0. The van der Waals surface area contributed by atoms with Crippen LogP contribution < -0.4 is 0 Å². The van der Waals surface area contributed by atoms with Crippen molar-refractivity contribution in [2.45, 2.75) is 52.5 Å². The molecule has 0 radical (unpaired) electrons. The van der Waals surface area contributed by atoms with E-state index in [1.54, 1.807) is 0 Å². The van der Waals surface area contributed by atoms with E-state index in [4.69, 9.17) is 4.74 Å². The third kappa shape index (κ3) is 3.73. The lowest BCUT2D eigenvalue weighted by atomic mass is 10.3. The standard InChI is InChI=1S/C12H24N2O/c1-4-6-8-13-12-14(9-7-5-2)11(3)10-15-12/h11H,4-10H2,1-3H3. The second-order valence-corrected chi connectivity index (χ2v) is 4.22. The molecule has 0 aliphatic carbocycles. The number of aliphatic imine (C=N–C) groups is 1. The number of hydrogen-bond acceptors (Lipinski definition) is 2. The van der Waals surface area contributed by atoms with Crippen LogP contribution in [0, 0.1) is 0 Å². The molecule has 0 N–H and O–H groups in total. The van der Waals surface area contributed by atoms with Crippen molar-refractivity contribution in [2.75, 3.05) is 19.7 Å². The van der Waals surface area contributed by atoms with Crippen molar-refractivity contribution >= 4 is 6.02 Å². The van der Waals surface area contributed by atoms with Crippen LogP contribution in [0.2, 0.25) is 0 Å². The van der Waals surface area contributed by atoms with E-state index in [1.165, 1.54) is 19.3 Å². The highest BCUT2D eigenvalue weighted by atomic mass is 16.5. The molecule has 0 aromatic rings. The monoisotopic (exact) mass is 212 g/mol. The van der Waals surface area contributed by atoms with Crippen LogP contribution >= 0.6 is 0 Å². The molecular formula is C12H24N2O. The number of unbranched alkanes of at least 4 members (excludes halogenated alkanes) is 2. The molecule has 0 amide bonds. The van der Waals surface area contributed by atoms with Crippen molar-refractivity contribution in [3.05, 3.63) is 0 Å². The molecule has 1 aliphatic rings. The summed E-state index contributed by atoms with van der Waals surface area (Å²) in [6, 6.07) is 1.38. The first-order valence-corrected chi connectivity index (χ1v) is 6.23. The Hall–Kier alpha value is -0.730. The fraction of sp³-hybridized carbons (Fsp3) is 0.917. The fourth-order valence-electron chi connectivity index (χ4n) is 1.67. The predicted octanol–water partition coefficient (Wildman–Crippen LogP) is 2.66. The third-order valence-corrected chi connectivity index (χ3v) is 2.74. The Morgan fingerprint density at radius 1 is 1.33 bits per heavy atom. The highest BCUT2D eigenvalue weighted by Gasteiger charge is 2.26. The smallest absolute Gasteiger partial charge is 0.287 e. The van der Waals surface area contributed by atoms with Gasteiger partial charge in [0.05, 0.1) is 6.04 Å². The van der Waals surface area contributed by atoms with Gasteiger partial charge in [0.1, 0.15) is 6.61 Å². The molecule has 0 saturated carbocycles. The molecule has 1 heterocycles. The Labute approximate surface area is 93.5 Å². The van der Waals surface area contributed by atoms with Gasteiger partial charge in [-0.05, 0) is 19.8 Å². The molecule has 3 nitrogen and oxygen atoms in total. The molecule has 3 heteroatoms. The highest BCUT2D eigenvalue weighted by molar-refractivity contribution is 5.75. The van der Waals surface area contributed by atoms with E-state index in [0.717, 1.165) is 32.1 Å². The normalized spacial score (nSPS) is 23.5. The molecule has 1 saturated heterocycles. The third-order valence-electron chi connectivity index (χ3n) is 2.74. The van der Waals surface area contributed by atoms with Crippen LogP contribution in [0.3, 0.4) is 0 Å². The van der Waals surface area contributed by atoms with Crippen LogP contribution in [0.25, 0.3) is 0 Å². The average molecular weight is 212 g/mol. The predicted molar refractivity (Wildman–Crippen MR) is 64.2 cm³/mol. The lowest BCUT2D eigenvalue weighted by molar-refractivity contribution is 0.320. The minimum absolute atomic E-state index is 0.497. The van der Waals surface area contributed by atoms with E-state index in [0.29, 0.717) is 6.04 Å². The average Bonchev–Trinajstić information content (AvgIpc) is 2.58. The van der Waals surface area contributed by atoms with Crippen LogP contribution in [0.15, 0.2) is 4.99 Å². The van der Waals surface area contributed by atoms with Crippen molar-refractivity contribution in [1.29, 1.82) is 0 Å². The Morgan fingerprint density at radius 3 is 2.73 bits per heavy atom. The molecular weight excluding hydrogens is 188 g/mol. The first kappa shape index (κ1) is 12.3. The molecule has 1 rings (SSSR count). The van der Waals surface area contributed by atoms with Gasteiger partial charge in [-0.25, -0.2) is 4.99 Å². The van der Waals surface area contributed by atoms with Gasteiger partial charge in [0, 0.05) is 13.1 Å². The van der Waals surface area contributed by atoms with Gasteiger partial charge in [-0.3, -0.25) is 0 Å². The second kappa shape index (κ2) is 6.70. The molecule has 15 heavy (non-hydrogen) atoms. The Bertz CT molecular complexity index is 204. The van der Waals surface area contributed by atoms with Crippen LogP contribution in [0.4, 0.5) is 0 Å². The van der Waals surface area contributed by atoms with Crippen LogP contribution in [-0.2, 0) is 4.74 Å².